The third-order valence-electron chi connectivity index (χ3n) is 10.6. The molecule has 2 heterocycles. The summed E-state index contributed by atoms with van der Waals surface area (Å²) in [5.41, 5.74) is -0.873. The lowest BCUT2D eigenvalue weighted by Gasteiger charge is -2.55. The van der Waals surface area contributed by atoms with Gasteiger partial charge in [-0.1, -0.05) is 39.0 Å². The fraction of sp³-hybridized carbons (Fsp3) is 0.633. The molecule has 5 aliphatic rings. The van der Waals surface area contributed by atoms with Crippen LogP contribution in [-0.2, 0) is 9.47 Å². The third-order valence-corrected chi connectivity index (χ3v) is 10.6. The molecule has 1 aromatic carbocycles. The normalized spacial score (nSPS) is 44.2. The van der Waals surface area contributed by atoms with Gasteiger partial charge in [-0.25, -0.2) is 4.39 Å². The van der Waals surface area contributed by atoms with E-state index in [1.165, 1.54) is 6.07 Å². The molecule has 1 unspecified atom stereocenters. The summed E-state index contributed by atoms with van der Waals surface area (Å²) in [5.74, 6) is -1.05. The SMILES string of the molecule is CC1=C[C@]23C(O)[C@@H](C=C4COC(C)(C)O[C@H]4[C@]2(O)[C@H]1Oc1noc2cccc(F)c12)[C@H]1[C@@H](C[C@H]3C)C1(C)C. The smallest absolute Gasteiger partial charge is 0.265 e. The Labute approximate surface area is 221 Å². The Bertz CT molecular complexity index is 1390. The van der Waals surface area contributed by atoms with Crippen LogP contribution in [0.4, 0.5) is 4.39 Å². The summed E-state index contributed by atoms with van der Waals surface area (Å²) in [6, 6.07) is 4.50. The fourth-order valence-electron chi connectivity index (χ4n) is 8.72. The van der Waals surface area contributed by atoms with E-state index in [1.807, 2.05) is 26.8 Å². The number of rotatable bonds is 2. The van der Waals surface area contributed by atoms with Crippen LogP contribution in [0.25, 0.3) is 11.0 Å². The van der Waals surface area contributed by atoms with Crippen LogP contribution < -0.4 is 4.74 Å². The highest BCUT2D eigenvalue weighted by Gasteiger charge is 2.77. The molecule has 2 bridgehead atoms. The molecule has 204 valence electrons. The van der Waals surface area contributed by atoms with Crippen molar-refractivity contribution in [2.45, 2.75) is 77.7 Å². The first kappa shape index (κ1) is 24.8. The standard InChI is InChI=1S/C30H36FNO6/c1-14-12-29-15(2)10-18-22(27(18,3)4)17(23(29)33)11-16-13-35-28(5,6)37-25(16)30(29,34)24(14)36-26-21-19(31)8-7-9-20(21)38-32-26/h7-9,11-12,15,17-18,22-25,33-34H,10,13H2,1-6H3/t15-,17+,18-,22+,23?,24+,25-,29+,30-/m1/s1. The molecule has 38 heavy (non-hydrogen) atoms. The van der Waals surface area contributed by atoms with E-state index >= 15 is 0 Å². The molecule has 3 fully saturated rings. The molecule has 1 aliphatic heterocycles. The Hall–Kier alpha value is -2.26. The first-order chi connectivity index (χ1) is 17.8. The van der Waals surface area contributed by atoms with Gasteiger partial charge in [0.2, 0.25) is 0 Å². The Kier molecular flexibility index (Phi) is 4.87. The molecule has 9 atom stereocenters. The van der Waals surface area contributed by atoms with E-state index in [-0.39, 0.29) is 46.6 Å². The quantitative estimate of drug-likeness (QED) is 0.546. The van der Waals surface area contributed by atoms with Crippen LogP contribution in [0.2, 0.25) is 0 Å². The van der Waals surface area contributed by atoms with Crippen LogP contribution in [0, 0.1) is 40.3 Å². The van der Waals surface area contributed by atoms with Crippen molar-refractivity contribution in [3.05, 3.63) is 47.3 Å². The van der Waals surface area contributed by atoms with Crippen LogP contribution in [-0.4, -0.2) is 51.7 Å². The number of hydrogen-bond donors (Lipinski definition) is 2. The molecule has 2 aromatic rings. The Balaban J connectivity index is 1.43. The highest BCUT2D eigenvalue weighted by atomic mass is 19.1. The van der Waals surface area contributed by atoms with E-state index < -0.39 is 40.9 Å². The minimum absolute atomic E-state index is 0.0290. The molecule has 1 spiro atoms. The lowest BCUT2D eigenvalue weighted by Crippen LogP contribution is -2.69. The van der Waals surface area contributed by atoms with Gasteiger partial charge < -0.3 is 28.9 Å². The van der Waals surface area contributed by atoms with Crippen LogP contribution in [0.1, 0.15) is 48.0 Å². The van der Waals surface area contributed by atoms with Crippen molar-refractivity contribution >= 4 is 11.0 Å². The maximum absolute atomic E-state index is 14.9. The van der Waals surface area contributed by atoms with Crippen molar-refractivity contribution in [1.29, 1.82) is 0 Å². The first-order valence-corrected chi connectivity index (χ1v) is 13.7. The summed E-state index contributed by atoms with van der Waals surface area (Å²) >= 11 is 0. The Morgan fingerprint density at radius 3 is 2.71 bits per heavy atom. The summed E-state index contributed by atoms with van der Waals surface area (Å²) in [4.78, 5) is 0. The lowest BCUT2D eigenvalue weighted by molar-refractivity contribution is -0.310. The van der Waals surface area contributed by atoms with Gasteiger partial charge in [0.15, 0.2) is 17.5 Å². The largest absolute Gasteiger partial charge is 0.464 e. The summed E-state index contributed by atoms with van der Waals surface area (Å²) in [7, 11) is 0. The van der Waals surface area contributed by atoms with E-state index in [9.17, 15) is 14.6 Å². The van der Waals surface area contributed by atoms with Gasteiger partial charge in [-0.2, -0.15) is 0 Å². The van der Waals surface area contributed by atoms with Crippen molar-refractivity contribution < 1.29 is 33.3 Å². The zero-order chi connectivity index (χ0) is 27.0. The average molecular weight is 526 g/mol. The van der Waals surface area contributed by atoms with Crippen molar-refractivity contribution in [3.8, 4) is 5.88 Å². The minimum atomic E-state index is -1.71. The number of halogens is 1. The second-order valence-electron chi connectivity index (χ2n) is 13.3. The summed E-state index contributed by atoms with van der Waals surface area (Å²) < 4.78 is 39.3. The number of ether oxygens (including phenoxy) is 3. The number of hydrogen-bond acceptors (Lipinski definition) is 7. The van der Waals surface area contributed by atoms with E-state index in [1.54, 1.807) is 12.1 Å². The highest BCUT2D eigenvalue weighted by molar-refractivity contribution is 5.82. The second-order valence-corrected chi connectivity index (χ2v) is 13.3. The van der Waals surface area contributed by atoms with Gasteiger partial charge in [0, 0.05) is 5.92 Å². The van der Waals surface area contributed by atoms with Gasteiger partial charge >= 0.3 is 0 Å². The molecule has 2 N–H and O–H groups in total. The summed E-state index contributed by atoms with van der Waals surface area (Å²) in [6.45, 7) is 12.5. The monoisotopic (exact) mass is 525 g/mol. The number of benzene rings is 1. The molecule has 4 aliphatic carbocycles. The van der Waals surface area contributed by atoms with Gasteiger partial charge in [-0.3, -0.25) is 0 Å². The zero-order valence-electron chi connectivity index (χ0n) is 22.7. The van der Waals surface area contributed by atoms with Crippen molar-refractivity contribution in [2.75, 3.05) is 6.61 Å². The number of nitrogens with zero attached hydrogens (tertiary/aromatic N) is 1. The Morgan fingerprint density at radius 1 is 1.18 bits per heavy atom. The van der Waals surface area contributed by atoms with Gasteiger partial charge in [0.05, 0.1) is 18.1 Å². The topological polar surface area (TPSA) is 94.2 Å². The van der Waals surface area contributed by atoms with Crippen LogP contribution in [0.5, 0.6) is 5.88 Å². The maximum atomic E-state index is 14.9. The summed E-state index contributed by atoms with van der Waals surface area (Å²) in [5, 5.41) is 29.7. The molecule has 8 heteroatoms. The molecule has 7 rings (SSSR count). The predicted octanol–water partition coefficient (Wildman–Crippen LogP) is 4.77. The van der Waals surface area contributed by atoms with Crippen LogP contribution in [0.3, 0.4) is 0 Å². The minimum Gasteiger partial charge on any atom is -0.464 e. The first-order valence-electron chi connectivity index (χ1n) is 13.7. The van der Waals surface area contributed by atoms with E-state index in [0.29, 0.717) is 5.92 Å². The number of aromatic nitrogens is 1. The average Bonchev–Trinajstić information content (AvgIpc) is 3.12. The van der Waals surface area contributed by atoms with E-state index in [2.05, 4.69) is 32.0 Å². The fourth-order valence-corrected chi connectivity index (χ4v) is 8.72. The van der Waals surface area contributed by atoms with Crippen molar-refractivity contribution in [3.63, 3.8) is 0 Å². The van der Waals surface area contributed by atoms with Crippen molar-refractivity contribution in [2.24, 2.45) is 34.5 Å². The maximum Gasteiger partial charge on any atom is 0.265 e. The van der Waals surface area contributed by atoms with Gasteiger partial charge in [-0.05, 0) is 78.8 Å². The second kappa shape index (κ2) is 7.47. The predicted molar refractivity (Wildman–Crippen MR) is 137 cm³/mol. The van der Waals surface area contributed by atoms with Crippen LogP contribution in [0.15, 0.2) is 46.0 Å². The van der Waals surface area contributed by atoms with Crippen LogP contribution >= 0.6 is 0 Å². The van der Waals surface area contributed by atoms with Gasteiger partial charge in [0.1, 0.15) is 22.9 Å². The lowest BCUT2D eigenvalue weighted by atomic mass is 9.58. The molecular weight excluding hydrogens is 489 g/mol. The number of aliphatic hydroxyl groups is 2. The van der Waals surface area contributed by atoms with E-state index in [0.717, 1.165) is 17.6 Å². The summed E-state index contributed by atoms with van der Waals surface area (Å²) in [6.07, 6.45) is 2.33. The highest BCUT2D eigenvalue weighted by Crippen LogP contribution is 2.73. The third kappa shape index (κ3) is 2.90. The molecule has 2 saturated carbocycles. The molecule has 1 saturated heterocycles. The molecule has 1 aromatic heterocycles. The number of aliphatic hydroxyl groups excluding tert-OH is 1. The van der Waals surface area contributed by atoms with Crippen molar-refractivity contribution in [1.82, 2.24) is 5.16 Å². The van der Waals surface area contributed by atoms with Gasteiger partial charge in [0.25, 0.3) is 5.88 Å². The molecule has 0 radical (unpaired) electrons. The van der Waals surface area contributed by atoms with Gasteiger partial charge in [-0.15, -0.1) is 0 Å². The van der Waals surface area contributed by atoms with E-state index in [4.69, 9.17) is 18.7 Å². The zero-order valence-corrected chi connectivity index (χ0v) is 22.7. The molecule has 7 nitrogen and oxygen atoms in total. The molecular formula is C30H36FNO6. The number of fused-ring (bicyclic) bond motifs is 6. The molecule has 0 amide bonds. The Morgan fingerprint density at radius 2 is 1.95 bits per heavy atom.